The molecule has 1 heterocycles. The van der Waals surface area contributed by atoms with Crippen LogP contribution in [-0.2, 0) is 12.4 Å². The van der Waals surface area contributed by atoms with Gasteiger partial charge in [0.05, 0.1) is 20.5 Å². The monoisotopic (exact) mass is 390 g/mol. The summed E-state index contributed by atoms with van der Waals surface area (Å²) in [6, 6.07) is 1.20. The summed E-state index contributed by atoms with van der Waals surface area (Å²) >= 11 is 3.78. The fourth-order valence-electron chi connectivity index (χ4n) is 1.62. The van der Waals surface area contributed by atoms with E-state index in [1.54, 1.807) is 0 Å². The van der Waals surface area contributed by atoms with E-state index in [4.69, 9.17) is 0 Å². The summed E-state index contributed by atoms with van der Waals surface area (Å²) < 4.78 is 76.5. The molecule has 0 atom stereocenters. The van der Waals surface area contributed by atoms with Gasteiger partial charge in [-0.15, -0.1) is 11.3 Å². The van der Waals surface area contributed by atoms with Gasteiger partial charge in [-0.3, -0.25) is 0 Å². The lowest BCUT2D eigenvalue weighted by atomic mass is 10.0. The zero-order chi connectivity index (χ0) is 16.0. The number of benzene rings is 1. The van der Waals surface area contributed by atoms with E-state index in [9.17, 15) is 31.4 Å². The van der Waals surface area contributed by atoms with Crippen LogP contribution in [-0.4, -0.2) is 5.11 Å². The third-order valence-electron chi connectivity index (χ3n) is 2.57. The van der Waals surface area contributed by atoms with Crippen molar-refractivity contribution >= 4 is 27.3 Å². The van der Waals surface area contributed by atoms with E-state index >= 15 is 0 Å². The maximum Gasteiger partial charge on any atom is 0.416 e. The average molecular weight is 391 g/mol. The molecule has 2 aromatic rings. The highest BCUT2D eigenvalue weighted by Gasteiger charge is 2.37. The Labute approximate surface area is 127 Å². The highest BCUT2D eigenvalue weighted by Crippen LogP contribution is 2.45. The largest absolute Gasteiger partial charge is 0.505 e. The van der Waals surface area contributed by atoms with Gasteiger partial charge >= 0.3 is 12.4 Å². The number of thiophene rings is 1. The van der Waals surface area contributed by atoms with Crippen molar-refractivity contribution in [3.05, 3.63) is 39.2 Å². The highest BCUT2D eigenvalue weighted by molar-refractivity contribution is 9.10. The van der Waals surface area contributed by atoms with Crippen molar-refractivity contribution in [2.75, 3.05) is 0 Å². The molecule has 0 spiro atoms. The Morgan fingerprint density at radius 2 is 1.38 bits per heavy atom. The molecule has 0 aliphatic carbocycles. The van der Waals surface area contributed by atoms with Crippen molar-refractivity contribution in [3.8, 4) is 16.2 Å². The standard InChI is InChI=1S/C12H5BrF6OS/c13-8-4-21-10(9(8)20)5-1-6(11(14,15)16)3-7(2-5)12(17,18)19/h1-4,20H. The molecular formula is C12H5BrF6OS. The first-order chi connectivity index (χ1) is 9.50. The molecule has 21 heavy (non-hydrogen) atoms. The van der Waals surface area contributed by atoms with Gasteiger partial charge in [0.1, 0.15) is 5.75 Å². The van der Waals surface area contributed by atoms with Gasteiger partial charge in [-0.25, -0.2) is 0 Å². The van der Waals surface area contributed by atoms with Crippen LogP contribution >= 0.6 is 27.3 Å². The summed E-state index contributed by atoms with van der Waals surface area (Å²) in [5.74, 6) is -0.396. The first-order valence-electron chi connectivity index (χ1n) is 5.26. The summed E-state index contributed by atoms with van der Waals surface area (Å²) in [4.78, 5) is -0.0709. The molecule has 1 aromatic heterocycles. The second kappa shape index (κ2) is 5.20. The minimum Gasteiger partial charge on any atom is -0.505 e. The predicted octanol–water partition coefficient (Wildman–Crippen LogP) is 5.92. The Kier molecular flexibility index (Phi) is 4.00. The fraction of sp³-hybridized carbons (Fsp3) is 0.167. The lowest BCUT2D eigenvalue weighted by molar-refractivity contribution is -0.143. The number of aromatic hydroxyl groups is 1. The summed E-state index contributed by atoms with van der Waals surface area (Å²) in [6.45, 7) is 0. The van der Waals surface area contributed by atoms with E-state index in [0.717, 1.165) is 11.3 Å². The van der Waals surface area contributed by atoms with Crippen LogP contribution in [0.1, 0.15) is 11.1 Å². The van der Waals surface area contributed by atoms with Crippen LogP contribution in [0.25, 0.3) is 10.4 Å². The van der Waals surface area contributed by atoms with Crippen LogP contribution in [0.5, 0.6) is 5.75 Å². The van der Waals surface area contributed by atoms with Gasteiger partial charge in [0.2, 0.25) is 0 Å². The molecule has 114 valence electrons. The SMILES string of the molecule is Oc1c(Br)csc1-c1cc(C(F)(F)F)cc(C(F)(F)F)c1. The molecule has 1 aromatic carbocycles. The van der Waals surface area contributed by atoms with Crippen LogP contribution in [0.2, 0.25) is 0 Å². The average Bonchev–Trinajstić information content (AvgIpc) is 2.67. The maximum absolute atomic E-state index is 12.7. The van der Waals surface area contributed by atoms with Gasteiger partial charge in [-0.05, 0) is 39.7 Å². The topological polar surface area (TPSA) is 20.2 Å². The number of hydrogen-bond donors (Lipinski definition) is 1. The molecular weight excluding hydrogens is 386 g/mol. The molecule has 0 fully saturated rings. The number of hydrogen-bond acceptors (Lipinski definition) is 2. The summed E-state index contributed by atoms with van der Waals surface area (Å²) in [5.41, 5.74) is -3.18. The van der Waals surface area contributed by atoms with Gasteiger partial charge in [-0.2, -0.15) is 26.3 Å². The Hall–Kier alpha value is -1.22. The molecule has 0 amide bonds. The van der Waals surface area contributed by atoms with Gasteiger partial charge in [0.25, 0.3) is 0 Å². The van der Waals surface area contributed by atoms with Crippen molar-refractivity contribution in [3.63, 3.8) is 0 Å². The van der Waals surface area contributed by atoms with E-state index in [1.165, 1.54) is 5.38 Å². The number of rotatable bonds is 1. The first-order valence-corrected chi connectivity index (χ1v) is 6.93. The van der Waals surface area contributed by atoms with Gasteiger partial charge in [0.15, 0.2) is 0 Å². The summed E-state index contributed by atoms with van der Waals surface area (Å²) in [6.07, 6.45) is -9.83. The second-order valence-electron chi connectivity index (χ2n) is 4.06. The molecule has 1 nitrogen and oxygen atoms in total. The maximum atomic E-state index is 12.7. The number of halogens is 7. The predicted molar refractivity (Wildman–Crippen MR) is 69.1 cm³/mol. The van der Waals surface area contributed by atoms with Crippen molar-refractivity contribution in [1.29, 1.82) is 0 Å². The Morgan fingerprint density at radius 3 is 1.71 bits per heavy atom. The van der Waals surface area contributed by atoms with Gasteiger partial charge in [-0.1, -0.05) is 0 Å². The summed E-state index contributed by atoms with van der Waals surface area (Å²) in [7, 11) is 0. The van der Waals surface area contributed by atoms with Gasteiger partial charge in [0, 0.05) is 5.38 Å². The Bertz CT molecular complexity index is 641. The van der Waals surface area contributed by atoms with Crippen molar-refractivity contribution in [2.24, 2.45) is 0 Å². The van der Waals surface area contributed by atoms with E-state index in [2.05, 4.69) is 15.9 Å². The third kappa shape index (κ3) is 3.34. The molecule has 1 N–H and O–H groups in total. The lowest BCUT2D eigenvalue weighted by Gasteiger charge is -2.13. The minimum absolute atomic E-state index is 0.0448. The van der Waals surface area contributed by atoms with E-state index < -0.39 is 29.2 Å². The number of alkyl halides is 6. The van der Waals surface area contributed by atoms with E-state index in [1.807, 2.05) is 0 Å². The lowest BCUT2D eigenvalue weighted by Crippen LogP contribution is -2.10. The zero-order valence-corrected chi connectivity index (χ0v) is 12.2. The van der Waals surface area contributed by atoms with Crippen LogP contribution in [0.3, 0.4) is 0 Å². The molecule has 0 bridgehead atoms. The van der Waals surface area contributed by atoms with Gasteiger partial charge < -0.3 is 5.11 Å². The van der Waals surface area contributed by atoms with Crippen LogP contribution < -0.4 is 0 Å². The molecule has 0 radical (unpaired) electrons. The minimum atomic E-state index is -4.92. The third-order valence-corrected chi connectivity index (χ3v) is 4.50. The molecule has 0 saturated carbocycles. The Morgan fingerprint density at radius 1 is 0.905 bits per heavy atom. The molecule has 2 rings (SSSR count). The fourth-order valence-corrected chi connectivity index (χ4v) is 3.04. The molecule has 0 unspecified atom stereocenters. The normalized spacial score (nSPS) is 12.7. The van der Waals surface area contributed by atoms with Crippen molar-refractivity contribution < 1.29 is 31.4 Å². The van der Waals surface area contributed by atoms with E-state index in [-0.39, 0.29) is 21.0 Å². The molecule has 0 aliphatic rings. The smallest absolute Gasteiger partial charge is 0.416 e. The van der Waals surface area contributed by atoms with Crippen molar-refractivity contribution in [1.82, 2.24) is 0 Å². The molecule has 9 heteroatoms. The Balaban J connectivity index is 2.69. The van der Waals surface area contributed by atoms with E-state index in [0.29, 0.717) is 12.1 Å². The van der Waals surface area contributed by atoms with Crippen LogP contribution in [0, 0.1) is 0 Å². The quantitative estimate of drug-likeness (QED) is 0.599. The first kappa shape index (κ1) is 16.2. The highest BCUT2D eigenvalue weighted by atomic mass is 79.9. The second-order valence-corrected chi connectivity index (χ2v) is 5.79. The molecule has 0 saturated heterocycles. The molecule has 0 aliphatic heterocycles. The van der Waals surface area contributed by atoms with Crippen molar-refractivity contribution in [2.45, 2.75) is 12.4 Å². The zero-order valence-electron chi connectivity index (χ0n) is 9.81. The summed E-state index contributed by atoms with van der Waals surface area (Å²) in [5, 5.41) is 11.1. The van der Waals surface area contributed by atoms with Crippen LogP contribution in [0.4, 0.5) is 26.3 Å². The van der Waals surface area contributed by atoms with Crippen LogP contribution in [0.15, 0.2) is 28.1 Å².